The van der Waals surface area contributed by atoms with Gasteiger partial charge in [0.1, 0.15) is 0 Å². The highest BCUT2D eigenvalue weighted by atomic mass is 16.1. The van der Waals surface area contributed by atoms with Crippen LogP contribution >= 0.6 is 0 Å². The molecule has 1 N–H and O–H groups in total. The molecule has 2 heterocycles. The Hall–Kier alpha value is -1.97. The number of hydrogen-bond donors (Lipinski definition) is 1. The van der Waals surface area contributed by atoms with E-state index in [0.29, 0.717) is 5.82 Å². The van der Waals surface area contributed by atoms with Crippen molar-refractivity contribution < 1.29 is 0 Å². The van der Waals surface area contributed by atoms with Crippen molar-refractivity contribution in [1.82, 2.24) is 15.0 Å². The van der Waals surface area contributed by atoms with Crippen molar-refractivity contribution in [1.29, 1.82) is 0 Å². The minimum atomic E-state index is -0.147. The lowest BCUT2D eigenvalue weighted by atomic mass is 10.2. The summed E-state index contributed by atoms with van der Waals surface area (Å²) in [5, 5.41) is 0. The van der Waals surface area contributed by atoms with E-state index < -0.39 is 0 Å². The number of H-pyrrole nitrogens is 1. The number of aromatic nitrogens is 3. The number of pyridine rings is 1. The van der Waals surface area contributed by atoms with Crippen LogP contribution in [0.4, 0.5) is 0 Å². The Balaban J connectivity index is 2.50. The van der Waals surface area contributed by atoms with Crippen LogP contribution < -0.4 is 5.56 Å². The molecule has 14 heavy (non-hydrogen) atoms. The van der Waals surface area contributed by atoms with Crippen molar-refractivity contribution in [2.45, 2.75) is 6.92 Å². The molecule has 0 bridgehead atoms. The van der Waals surface area contributed by atoms with Crippen molar-refractivity contribution in [2.24, 2.45) is 0 Å². The van der Waals surface area contributed by atoms with Crippen molar-refractivity contribution in [3.8, 4) is 11.4 Å². The molecule has 70 valence electrons. The fraction of sp³-hybridized carbons (Fsp3) is 0.100. The molecule has 2 rings (SSSR count). The van der Waals surface area contributed by atoms with Crippen molar-refractivity contribution in [3.05, 3.63) is 46.6 Å². The van der Waals surface area contributed by atoms with E-state index in [1.165, 1.54) is 6.07 Å². The third kappa shape index (κ3) is 1.69. The average Bonchev–Trinajstić information content (AvgIpc) is 2.19. The number of nitrogens with zero attached hydrogens (tertiary/aromatic N) is 2. The average molecular weight is 187 g/mol. The Morgan fingerprint density at radius 3 is 2.64 bits per heavy atom. The van der Waals surface area contributed by atoms with Gasteiger partial charge in [0.05, 0.1) is 0 Å². The van der Waals surface area contributed by atoms with E-state index in [0.717, 1.165) is 11.1 Å². The SMILES string of the molecule is Cc1cnc(-c2cc[nH]c(=O)c2)nc1. The Labute approximate surface area is 80.7 Å². The van der Waals surface area contributed by atoms with E-state index in [9.17, 15) is 4.79 Å². The first-order valence-electron chi connectivity index (χ1n) is 4.23. The largest absolute Gasteiger partial charge is 0.329 e. The van der Waals surface area contributed by atoms with Gasteiger partial charge in [0.25, 0.3) is 0 Å². The number of rotatable bonds is 1. The third-order valence-corrected chi connectivity index (χ3v) is 1.81. The summed E-state index contributed by atoms with van der Waals surface area (Å²) in [6.07, 6.45) is 5.04. The highest BCUT2D eigenvalue weighted by Crippen LogP contribution is 2.10. The first-order valence-corrected chi connectivity index (χ1v) is 4.23. The molecule has 0 aromatic carbocycles. The zero-order valence-corrected chi connectivity index (χ0v) is 7.69. The standard InChI is InChI=1S/C10H9N3O/c1-7-5-12-10(13-6-7)8-2-3-11-9(14)4-8/h2-6H,1H3,(H,11,14). The van der Waals surface area contributed by atoms with Crippen LogP contribution in [0.5, 0.6) is 0 Å². The van der Waals surface area contributed by atoms with Gasteiger partial charge < -0.3 is 4.98 Å². The van der Waals surface area contributed by atoms with Gasteiger partial charge in [0, 0.05) is 30.2 Å². The molecule has 0 aliphatic heterocycles. The minimum Gasteiger partial charge on any atom is -0.329 e. The first-order chi connectivity index (χ1) is 6.75. The van der Waals surface area contributed by atoms with Gasteiger partial charge in [0.15, 0.2) is 5.82 Å². The van der Waals surface area contributed by atoms with Gasteiger partial charge >= 0.3 is 0 Å². The van der Waals surface area contributed by atoms with Gasteiger partial charge in [-0.05, 0) is 18.6 Å². The second-order valence-electron chi connectivity index (χ2n) is 3.03. The van der Waals surface area contributed by atoms with E-state index in [1.54, 1.807) is 24.7 Å². The van der Waals surface area contributed by atoms with Gasteiger partial charge in [-0.1, -0.05) is 0 Å². The minimum absolute atomic E-state index is 0.147. The lowest BCUT2D eigenvalue weighted by Crippen LogP contribution is -2.03. The smallest absolute Gasteiger partial charge is 0.248 e. The molecule has 0 amide bonds. The Kier molecular flexibility index (Phi) is 2.10. The molecular formula is C10H9N3O. The highest BCUT2D eigenvalue weighted by Gasteiger charge is 1.99. The number of aromatic amines is 1. The summed E-state index contributed by atoms with van der Waals surface area (Å²) in [4.78, 5) is 21.8. The Morgan fingerprint density at radius 2 is 2.00 bits per heavy atom. The monoisotopic (exact) mass is 187 g/mol. The van der Waals surface area contributed by atoms with Crippen LogP contribution in [-0.2, 0) is 0 Å². The number of aryl methyl sites for hydroxylation is 1. The number of hydrogen-bond acceptors (Lipinski definition) is 3. The molecule has 2 aromatic rings. The third-order valence-electron chi connectivity index (χ3n) is 1.81. The lowest BCUT2D eigenvalue weighted by Gasteiger charge is -1.98. The van der Waals surface area contributed by atoms with Crippen LogP contribution in [0, 0.1) is 6.92 Å². The molecule has 4 nitrogen and oxygen atoms in total. The maximum absolute atomic E-state index is 11.0. The maximum Gasteiger partial charge on any atom is 0.248 e. The summed E-state index contributed by atoms with van der Waals surface area (Å²) >= 11 is 0. The molecule has 0 fully saturated rings. The zero-order valence-electron chi connectivity index (χ0n) is 7.69. The van der Waals surface area contributed by atoms with Gasteiger partial charge in [-0.15, -0.1) is 0 Å². The quantitative estimate of drug-likeness (QED) is 0.728. The van der Waals surface area contributed by atoms with Gasteiger partial charge in [-0.2, -0.15) is 0 Å². The molecule has 4 heteroatoms. The van der Waals surface area contributed by atoms with Crippen molar-refractivity contribution in [2.75, 3.05) is 0 Å². The summed E-state index contributed by atoms with van der Waals surface area (Å²) in [6, 6.07) is 3.25. The predicted octanol–water partition coefficient (Wildman–Crippen LogP) is 1.14. The van der Waals surface area contributed by atoms with Gasteiger partial charge in [0.2, 0.25) is 5.56 Å². The number of nitrogens with one attached hydrogen (secondary N) is 1. The Morgan fingerprint density at radius 1 is 1.29 bits per heavy atom. The van der Waals surface area contributed by atoms with E-state index in [1.807, 2.05) is 6.92 Å². The van der Waals surface area contributed by atoms with E-state index >= 15 is 0 Å². The topological polar surface area (TPSA) is 58.6 Å². The van der Waals surface area contributed by atoms with Crippen LogP contribution in [-0.4, -0.2) is 15.0 Å². The molecule has 2 aromatic heterocycles. The Bertz CT molecular complexity index is 487. The fourth-order valence-electron chi connectivity index (χ4n) is 1.13. The molecule has 0 unspecified atom stereocenters. The first kappa shape index (κ1) is 8.62. The molecule has 0 spiro atoms. The predicted molar refractivity (Wildman–Crippen MR) is 52.8 cm³/mol. The highest BCUT2D eigenvalue weighted by molar-refractivity contribution is 5.52. The molecule has 0 atom stereocenters. The summed E-state index contributed by atoms with van der Waals surface area (Å²) < 4.78 is 0. The summed E-state index contributed by atoms with van der Waals surface area (Å²) in [7, 11) is 0. The molecule has 0 saturated carbocycles. The van der Waals surface area contributed by atoms with E-state index in [-0.39, 0.29) is 5.56 Å². The normalized spacial score (nSPS) is 10.1. The molecule has 0 aliphatic rings. The second-order valence-corrected chi connectivity index (χ2v) is 3.03. The van der Waals surface area contributed by atoms with Crippen LogP contribution in [0.15, 0.2) is 35.5 Å². The van der Waals surface area contributed by atoms with Gasteiger partial charge in [-0.25, -0.2) is 9.97 Å². The van der Waals surface area contributed by atoms with Crippen molar-refractivity contribution in [3.63, 3.8) is 0 Å². The van der Waals surface area contributed by atoms with E-state index in [2.05, 4.69) is 15.0 Å². The fourth-order valence-corrected chi connectivity index (χ4v) is 1.13. The van der Waals surface area contributed by atoms with Crippen molar-refractivity contribution >= 4 is 0 Å². The van der Waals surface area contributed by atoms with Crippen LogP contribution in [0.1, 0.15) is 5.56 Å². The van der Waals surface area contributed by atoms with Gasteiger partial charge in [-0.3, -0.25) is 4.79 Å². The summed E-state index contributed by atoms with van der Waals surface area (Å²) in [5.41, 5.74) is 1.58. The molecule has 0 radical (unpaired) electrons. The van der Waals surface area contributed by atoms with E-state index in [4.69, 9.17) is 0 Å². The van der Waals surface area contributed by atoms with Crippen LogP contribution in [0.25, 0.3) is 11.4 Å². The summed E-state index contributed by atoms with van der Waals surface area (Å²) in [6.45, 7) is 1.92. The molecular weight excluding hydrogens is 178 g/mol. The lowest BCUT2D eigenvalue weighted by molar-refractivity contribution is 1.13. The zero-order chi connectivity index (χ0) is 9.97. The van der Waals surface area contributed by atoms with Crippen LogP contribution in [0.2, 0.25) is 0 Å². The van der Waals surface area contributed by atoms with Crippen LogP contribution in [0.3, 0.4) is 0 Å². The molecule has 0 aliphatic carbocycles. The summed E-state index contributed by atoms with van der Waals surface area (Å²) in [5.74, 6) is 0.571. The second kappa shape index (κ2) is 3.41. The molecule has 0 saturated heterocycles. The maximum atomic E-state index is 11.0.